The van der Waals surface area contributed by atoms with Crippen LogP contribution >= 0.6 is 0 Å². The Bertz CT molecular complexity index is 1150. The lowest BCUT2D eigenvalue weighted by molar-refractivity contribution is -0.128. The molecule has 2 aromatic rings. The molecule has 0 radical (unpaired) electrons. The summed E-state index contributed by atoms with van der Waals surface area (Å²) < 4.78 is 5.53. The number of amides is 2. The van der Waals surface area contributed by atoms with Gasteiger partial charge in [0.1, 0.15) is 5.75 Å². The molecule has 0 aromatic heterocycles. The molecule has 0 saturated carbocycles. The van der Waals surface area contributed by atoms with Crippen molar-refractivity contribution in [1.82, 2.24) is 9.80 Å². The van der Waals surface area contributed by atoms with E-state index in [4.69, 9.17) is 4.74 Å². The van der Waals surface area contributed by atoms with Crippen LogP contribution in [0.4, 0.5) is 5.69 Å². The van der Waals surface area contributed by atoms with Crippen molar-refractivity contribution in [3.63, 3.8) is 0 Å². The molecule has 178 valence electrons. The first-order valence-corrected chi connectivity index (χ1v) is 12.3. The standard InChI is InChI=1S/C28H33N3O3/c1-19-14-21-7-12-31(18-24(21)15-20(19)2)28(33)23-4-3-10-30(17-23)11-8-27(32)29-25-5-6-26-22(16-25)9-13-34-26/h4-6,14-16H,3,7-13,17-18H2,1-2H3,(H,29,32). The first-order valence-electron chi connectivity index (χ1n) is 12.3. The summed E-state index contributed by atoms with van der Waals surface area (Å²) in [5.74, 6) is 1.05. The summed E-state index contributed by atoms with van der Waals surface area (Å²) in [5.41, 5.74) is 8.06. The van der Waals surface area contributed by atoms with Crippen molar-refractivity contribution in [2.45, 2.75) is 46.1 Å². The number of anilines is 1. The summed E-state index contributed by atoms with van der Waals surface area (Å²) in [4.78, 5) is 30.0. The van der Waals surface area contributed by atoms with Crippen molar-refractivity contribution in [2.75, 3.05) is 38.1 Å². The summed E-state index contributed by atoms with van der Waals surface area (Å²) in [6, 6.07) is 10.3. The van der Waals surface area contributed by atoms with Crippen LogP contribution in [-0.4, -0.2) is 54.4 Å². The van der Waals surface area contributed by atoms with Gasteiger partial charge in [0, 0.05) is 56.8 Å². The topological polar surface area (TPSA) is 61.9 Å². The average molecular weight is 460 g/mol. The molecular weight excluding hydrogens is 426 g/mol. The first kappa shape index (κ1) is 22.7. The molecule has 3 aliphatic heterocycles. The van der Waals surface area contributed by atoms with Crippen molar-refractivity contribution in [1.29, 1.82) is 0 Å². The fraction of sp³-hybridized carbons (Fsp3) is 0.429. The molecule has 5 rings (SSSR count). The number of nitrogens with one attached hydrogen (secondary N) is 1. The van der Waals surface area contributed by atoms with Crippen LogP contribution in [0.2, 0.25) is 0 Å². The molecule has 0 bridgehead atoms. The van der Waals surface area contributed by atoms with Crippen LogP contribution in [0.25, 0.3) is 0 Å². The van der Waals surface area contributed by atoms with Gasteiger partial charge in [0.2, 0.25) is 5.91 Å². The second-order valence-electron chi connectivity index (χ2n) is 9.70. The van der Waals surface area contributed by atoms with Gasteiger partial charge in [-0.3, -0.25) is 14.5 Å². The summed E-state index contributed by atoms with van der Waals surface area (Å²) in [7, 11) is 0. The molecule has 0 spiro atoms. The van der Waals surface area contributed by atoms with E-state index in [2.05, 4.69) is 42.3 Å². The summed E-state index contributed by atoms with van der Waals surface area (Å²) in [6.07, 6.45) is 5.13. The van der Waals surface area contributed by atoms with Gasteiger partial charge in [0.25, 0.3) is 5.91 Å². The van der Waals surface area contributed by atoms with Crippen LogP contribution in [0.1, 0.15) is 40.7 Å². The van der Waals surface area contributed by atoms with Crippen LogP contribution < -0.4 is 10.1 Å². The zero-order valence-electron chi connectivity index (χ0n) is 20.2. The lowest BCUT2D eigenvalue weighted by Gasteiger charge is -2.33. The fourth-order valence-corrected chi connectivity index (χ4v) is 5.13. The van der Waals surface area contributed by atoms with Gasteiger partial charge in [-0.2, -0.15) is 0 Å². The maximum absolute atomic E-state index is 13.3. The van der Waals surface area contributed by atoms with Gasteiger partial charge in [-0.05, 0) is 72.7 Å². The molecule has 0 fully saturated rings. The number of benzene rings is 2. The number of carbonyl (C=O) groups is 2. The van der Waals surface area contributed by atoms with E-state index in [9.17, 15) is 9.59 Å². The second-order valence-corrected chi connectivity index (χ2v) is 9.70. The number of aryl methyl sites for hydroxylation is 2. The summed E-state index contributed by atoms with van der Waals surface area (Å²) in [5, 5.41) is 3.00. The number of nitrogens with zero attached hydrogens (tertiary/aromatic N) is 2. The number of hydrogen-bond acceptors (Lipinski definition) is 4. The van der Waals surface area contributed by atoms with E-state index in [1.165, 1.54) is 22.3 Å². The normalized spacial score (nSPS) is 17.5. The lowest BCUT2D eigenvalue weighted by Crippen LogP contribution is -2.41. The van der Waals surface area contributed by atoms with Gasteiger partial charge >= 0.3 is 0 Å². The van der Waals surface area contributed by atoms with Gasteiger partial charge in [-0.25, -0.2) is 0 Å². The highest BCUT2D eigenvalue weighted by Gasteiger charge is 2.26. The van der Waals surface area contributed by atoms with Gasteiger partial charge in [-0.1, -0.05) is 18.2 Å². The maximum Gasteiger partial charge on any atom is 0.251 e. The molecule has 6 nitrogen and oxygen atoms in total. The predicted octanol–water partition coefficient (Wildman–Crippen LogP) is 3.78. The Labute approximate surface area is 201 Å². The Kier molecular flexibility index (Phi) is 6.42. The number of fused-ring (bicyclic) bond motifs is 2. The average Bonchev–Trinajstić information content (AvgIpc) is 3.31. The second kappa shape index (κ2) is 9.63. The highest BCUT2D eigenvalue weighted by atomic mass is 16.5. The van der Waals surface area contributed by atoms with Crippen molar-refractivity contribution >= 4 is 17.5 Å². The van der Waals surface area contributed by atoms with Crippen molar-refractivity contribution in [3.05, 3.63) is 69.8 Å². The van der Waals surface area contributed by atoms with Gasteiger partial charge in [-0.15, -0.1) is 0 Å². The molecule has 34 heavy (non-hydrogen) atoms. The molecular formula is C28H33N3O3. The summed E-state index contributed by atoms with van der Waals surface area (Å²) in [6.45, 7) is 8.56. The third kappa shape index (κ3) is 4.87. The summed E-state index contributed by atoms with van der Waals surface area (Å²) >= 11 is 0. The Hall–Kier alpha value is -3.12. The highest BCUT2D eigenvalue weighted by molar-refractivity contribution is 5.94. The molecule has 0 saturated heterocycles. The van der Waals surface area contributed by atoms with Crippen LogP contribution in [0.3, 0.4) is 0 Å². The number of carbonyl (C=O) groups excluding carboxylic acids is 2. The number of hydrogen-bond donors (Lipinski definition) is 1. The Morgan fingerprint density at radius 2 is 1.79 bits per heavy atom. The van der Waals surface area contributed by atoms with E-state index in [-0.39, 0.29) is 11.8 Å². The van der Waals surface area contributed by atoms with Crippen LogP contribution in [0.5, 0.6) is 5.75 Å². The molecule has 3 heterocycles. The van der Waals surface area contributed by atoms with Crippen LogP contribution in [0.15, 0.2) is 42.0 Å². The molecule has 6 heteroatoms. The Morgan fingerprint density at radius 3 is 2.65 bits per heavy atom. The zero-order chi connectivity index (χ0) is 23.7. The largest absolute Gasteiger partial charge is 0.493 e. The lowest BCUT2D eigenvalue weighted by atomic mass is 9.94. The van der Waals surface area contributed by atoms with Crippen molar-refractivity contribution in [3.8, 4) is 5.75 Å². The van der Waals surface area contributed by atoms with Crippen LogP contribution in [0, 0.1) is 13.8 Å². The van der Waals surface area contributed by atoms with E-state index in [1.807, 2.05) is 23.1 Å². The molecule has 0 atom stereocenters. The van der Waals surface area contributed by atoms with E-state index >= 15 is 0 Å². The smallest absolute Gasteiger partial charge is 0.251 e. The third-order valence-electron chi connectivity index (χ3n) is 7.25. The molecule has 2 aromatic carbocycles. The first-order chi connectivity index (χ1) is 16.5. The number of rotatable bonds is 5. The predicted molar refractivity (Wildman–Crippen MR) is 133 cm³/mol. The maximum atomic E-state index is 13.3. The minimum absolute atomic E-state index is 0.000374. The van der Waals surface area contributed by atoms with Gasteiger partial charge in [0.05, 0.1) is 6.61 Å². The third-order valence-corrected chi connectivity index (χ3v) is 7.25. The van der Waals surface area contributed by atoms with E-state index in [0.717, 1.165) is 54.9 Å². The quantitative estimate of drug-likeness (QED) is 0.739. The van der Waals surface area contributed by atoms with Crippen LogP contribution in [-0.2, 0) is 29.0 Å². The van der Waals surface area contributed by atoms with E-state index in [0.29, 0.717) is 32.7 Å². The van der Waals surface area contributed by atoms with Gasteiger partial charge in [0.15, 0.2) is 0 Å². The molecule has 0 aliphatic carbocycles. The van der Waals surface area contributed by atoms with Crippen molar-refractivity contribution < 1.29 is 14.3 Å². The van der Waals surface area contributed by atoms with Gasteiger partial charge < -0.3 is 15.0 Å². The number of ether oxygens (including phenoxy) is 1. The Balaban J connectivity index is 1.13. The molecule has 1 N–H and O–H groups in total. The SMILES string of the molecule is Cc1cc2c(cc1C)CN(C(=O)C1=CCCN(CCC(=O)Nc3ccc4c(c3)CCO4)C1)CC2. The zero-order valence-corrected chi connectivity index (χ0v) is 20.2. The van der Waals surface area contributed by atoms with Crippen molar-refractivity contribution in [2.24, 2.45) is 0 Å². The fourth-order valence-electron chi connectivity index (χ4n) is 5.13. The van der Waals surface area contributed by atoms with E-state index in [1.54, 1.807) is 0 Å². The molecule has 3 aliphatic rings. The van der Waals surface area contributed by atoms with E-state index < -0.39 is 0 Å². The minimum Gasteiger partial charge on any atom is -0.493 e. The Morgan fingerprint density at radius 1 is 0.971 bits per heavy atom. The highest BCUT2D eigenvalue weighted by Crippen LogP contribution is 2.28. The molecule has 0 unspecified atom stereocenters. The minimum atomic E-state index is -0.000374. The molecule has 2 amide bonds. The monoisotopic (exact) mass is 459 g/mol.